The number of thioether (sulfide) groups is 1. The summed E-state index contributed by atoms with van der Waals surface area (Å²) in [6.07, 6.45) is 2.00. The van der Waals surface area contributed by atoms with Crippen molar-refractivity contribution in [3.63, 3.8) is 0 Å². The van der Waals surface area contributed by atoms with Crippen LogP contribution in [0.1, 0.15) is 5.56 Å². The van der Waals surface area contributed by atoms with Crippen molar-refractivity contribution < 1.29 is 9.53 Å². The molecule has 0 saturated heterocycles. The van der Waals surface area contributed by atoms with Crippen molar-refractivity contribution in [2.75, 3.05) is 32.3 Å². The summed E-state index contributed by atoms with van der Waals surface area (Å²) in [6.45, 7) is 1.02. The third-order valence-corrected chi connectivity index (χ3v) is 4.18. The number of carbonyl (C=O) groups is 1. The molecule has 1 N–H and O–H groups in total. The maximum absolute atomic E-state index is 12.2. The maximum Gasteiger partial charge on any atom is 0.238 e. The number of carbonyl (C=O) groups excluding carboxylic acids is 1. The number of hydrogen-bond donors (Lipinski definition) is 1. The van der Waals surface area contributed by atoms with Crippen LogP contribution < -0.4 is 10.1 Å². The fraction of sp³-hybridized carbons (Fsp3) is 0.278. The third-order valence-electron chi connectivity index (χ3n) is 3.38. The van der Waals surface area contributed by atoms with E-state index in [4.69, 9.17) is 4.74 Å². The van der Waals surface area contributed by atoms with Gasteiger partial charge in [-0.1, -0.05) is 24.3 Å². The summed E-state index contributed by atoms with van der Waals surface area (Å²) in [5, 5.41) is 2.97. The Morgan fingerprint density at radius 2 is 2.00 bits per heavy atom. The van der Waals surface area contributed by atoms with Crippen molar-refractivity contribution in [2.24, 2.45) is 0 Å². The van der Waals surface area contributed by atoms with Crippen LogP contribution in [0.2, 0.25) is 0 Å². The largest absolute Gasteiger partial charge is 0.497 e. The van der Waals surface area contributed by atoms with Crippen LogP contribution in [-0.2, 0) is 11.3 Å². The first-order chi connectivity index (χ1) is 11.1. The number of para-hydroxylation sites is 1. The smallest absolute Gasteiger partial charge is 0.238 e. The van der Waals surface area contributed by atoms with E-state index in [1.54, 1.807) is 18.9 Å². The molecule has 0 aromatic heterocycles. The topological polar surface area (TPSA) is 41.6 Å². The monoisotopic (exact) mass is 330 g/mol. The molecule has 1 amide bonds. The second kappa shape index (κ2) is 8.60. The Morgan fingerprint density at radius 1 is 1.22 bits per heavy atom. The summed E-state index contributed by atoms with van der Waals surface area (Å²) >= 11 is 1.62. The number of anilines is 1. The highest BCUT2D eigenvalue weighted by atomic mass is 32.2. The van der Waals surface area contributed by atoms with Gasteiger partial charge in [0.2, 0.25) is 5.91 Å². The molecule has 0 atom stereocenters. The number of amides is 1. The summed E-state index contributed by atoms with van der Waals surface area (Å²) < 4.78 is 5.22. The summed E-state index contributed by atoms with van der Waals surface area (Å²) in [6, 6.07) is 15.7. The number of hydrogen-bond acceptors (Lipinski definition) is 4. The zero-order valence-electron chi connectivity index (χ0n) is 13.7. The Labute approximate surface area is 141 Å². The summed E-state index contributed by atoms with van der Waals surface area (Å²) in [5.74, 6) is 0.811. The Bertz CT molecular complexity index is 661. The van der Waals surface area contributed by atoms with Gasteiger partial charge in [-0.25, -0.2) is 0 Å². The molecule has 0 unspecified atom stereocenters. The Balaban J connectivity index is 1.91. The standard InChI is InChI=1S/C18H22N2O2S/c1-20(12-14-7-6-8-15(11-14)22-2)13-18(21)19-16-9-4-5-10-17(16)23-3/h4-11H,12-13H2,1-3H3,(H,19,21). The third kappa shape index (κ3) is 5.30. The van der Waals surface area contributed by atoms with Crippen LogP contribution in [0.15, 0.2) is 53.4 Å². The summed E-state index contributed by atoms with van der Waals surface area (Å²) in [7, 11) is 3.58. The number of benzene rings is 2. The number of nitrogens with one attached hydrogen (secondary N) is 1. The molecule has 4 nitrogen and oxygen atoms in total. The molecular weight excluding hydrogens is 308 g/mol. The molecule has 0 bridgehead atoms. The fourth-order valence-electron chi connectivity index (χ4n) is 2.32. The van der Waals surface area contributed by atoms with Crippen molar-refractivity contribution in [1.29, 1.82) is 0 Å². The van der Waals surface area contributed by atoms with Crippen LogP contribution >= 0.6 is 11.8 Å². The van der Waals surface area contributed by atoms with E-state index in [-0.39, 0.29) is 5.91 Å². The molecule has 0 aliphatic heterocycles. The lowest BCUT2D eigenvalue weighted by Crippen LogP contribution is -2.30. The lowest BCUT2D eigenvalue weighted by Gasteiger charge is -2.17. The van der Waals surface area contributed by atoms with Gasteiger partial charge in [-0.3, -0.25) is 9.69 Å². The van der Waals surface area contributed by atoms with E-state index in [2.05, 4.69) is 5.32 Å². The van der Waals surface area contributed by atoms with Gasteiger partial charge in [-0.05, 0) is 43.1 Å². The molecule has 0 aliphatic carbocycles. The lowest BCUT2D eigenvalue weighted by molar-refractivity contribution is -0.117. The predicted octanol–water partition coefficient (Wildman–Crippen LogP) is 3.49. The van der Waals surface area contributed by atoms with Crippen molar-refractivity contribution in [3.8, 4) is 5.75 Å². The molecule has 0 aliphatic rings. The van der Waals surface area contributed by atoms with Gasteiger partial charge in [-0.15, -0.1) is 11.8 Å². The van der Waals surface area contributed by atoms with Gasteiger partial charge in [0.15, 0.2) is 0 Å². The van der Waals surface area contributed by atoms with Crippen LogP contribution in [0.5, 0.6) is 5.75 Å². The van der Waals surface area contributed by atoms with Crippen LogP contribution in [-0.4, -0.2) is 37.8 Å². The average molecular weight is 330 g/mol. The molecule has 2 aromatic rings. The first-order valence-corrected chi connectivity index (χ1v) is 8.59. The Kier molecular flexibility index (Phi) is 6.50. The van der Waals surface area contributed by atoms with Crippen LogP contribution in [0.3, 0.4) is 0 Å². The minimum absolute atomic E-state index is 0.0168. The van der Waals surface area contributed by atoms with E-state index in [0.29, 0.717) is 13.1 Å². The summed E-state index contributed by atoms with van der Waals surface area (Å²) in [4.78, 5) is 15.3. The van der Waals surface area contributed by atoms with Crippen molar-refractivity contribution in [1.82, 2.24) is 4.90 Å². The van der Waals surface area contributed by atoms with Gasteiger partial charge in [0.05, 0.1) is 19.3 Å². The average Bonchev–Trinajstić information content (AvgIpc) is 2.55. The van der Waals surface area contributed by atoms with E-state index in [1.807, 2.05) is 66.7 Å². The Hall–Kier alpha value is -1.98. The number of methoxy groups -OCH3 is 1. The molecule has 5 heteroatoms. The second-order valence-electron chi connectivity index (χ2n) is 5.27. The molecule has 0 fully saturated rings. The number of ether oxygens (including phenoxy) is 1. The maximum atomic E-state index is 12.2. The fourth-order valence-corrected chi connectivity index (χ4v) is 2.87. The first-order valence-electron chi connectivity index (χ1n) is 7.36. The Morgan fingerprint density at radius 3 is 2.74 bits per heavy atom. The molecule has 0 radical (unpaired) electrons. The van der Waals surface area contributed by atoms with E-state index >= 15 is 0 Å². The van der Waals surface area contributed by atoms with Gasteiger partial charge >= 0.3 is 0 Å². The molecule has 2 aromatic carbocycles. The molecule has 2 rings (SSSR count). The number of likely N-dealkylation sites (N-methyl/N-ethyl adjacent to an activating group) is 1. The van der Waals surface area contributed by atoms with Crippen LogP contribution in [0.25, 0.3) is 0 Å². The van der Waals surface area contributed by atoms with Crippen LogP contribution in [0, 0.1) is 0 Å². The molecule has 0 saturated carbocycles. The minimum Gasteiger partial charge on any atom is -0.497 e. The lowest BCUT2D eigenvalue weighted by atomic mass is 10.2. The molecule has 122 valence electrons. The number of nitrogens with zero attached hydrogens (tertiary/aromatic N) is 1. The quantitative estimate of drug-likeness (QED) is 0.789. The minimum atomic E-state index is -0.0168. The normalized spacial score (nSPS) is 10.6. The van der Waals surface area contributed by atoms with Crippen LogP contribution in [0.4, 0.5) is 5.69 Å². The molecule has 23 heavy (non-hydrogen) atoms. The first kappa shape index (κ1) is 17.4. The zero-order chi connectivity index (χ0) is 16.7. The van der Waals surface area contributed by atoms with E-state index in [1.165, 1.54) is 0 Å². The van der Waals surface area contributed by atoms with Gasteiger partial charge in [-0.2, -0.15) is 0 Å². The van der Waals surface area contributed by atoms with Crippen molar-refractivity contribution in [2.45, 2.75) is 11.4 Å². The van der Waals surface area contributed by atoms with Crippen molar-refractivity contribution >= 4 is 23.4 Å². The molecular formula is C18H22N2O2S. The van der Waals surface area contributed by atoms with Gasteiger partial charge in [0.1, 0.15) is 5.75 Å². The van der Waals surface area contributed by atoms with Gasteiger partial charge < -0.3 is 10.1 Å². The highest BCUT2D eigenvalue weighted by Crippen LogP contribution is 2.24. The summed E-state index contributed by atoms with van der Waals surface area (Å²) in [5.41, 5.74) is 1.98. The van der Waals surface area contributed by atoms with E-state index in [0.717, 1.165) is 21.9 Å². The second-order valence-corrected chi connectivity index (χ2v) is 6.12. The molecule has 0 heterocycles. The van der Waals surface area contributed by atoms with Gasteiger partial charge in [0.25, 0.3) is 0 Å². The number of rotatable bonds is 7. The van der Waals surface area contributed by atoms with Crippen molar-refractivity contribution in [3.05, 3.63) is 54.1 Å². The zero-order valence-corrected chi connectivity index (χ0v) is 14.5. The highest BCUT2D eigenvalue weighted by molar-refractivity contribution is 7.98. The van der Waals surface area contributed by atoms with E-state index < -0.39 is 0 Å². The SMILES string of the molecule is COc1cccc(CN(C)CC(=O)Nc2ccccc2SC)c1. The van der Waals surface area contributed by atoms with Gasteiger partial charge in [0, 0.05) is 11.4 Å². The van der Waals surface area contributed by atoms with E-state index in [9.17, 15) is 4.79 Å². The highest BCUT2D eigenvalue weighted by Gasteiger charge is 2.10. The molecule has 0 spiro atoms. The predicted molar refractivity (Wildman–Crippen MR) is 96.2 cm³/mol.